The Kier molecular flexibility index (Phi) is 4.20. The summed E-state index contributed by atoms with van der Waals surface area (Å²) in [6, 6.07) is 1.60. The van der Waals surface area contributed by atoms with Gasteiger partial charge in [0.05, 0.1) is 0 Å². The van der Waals surface area contributed by atoms with Gasteiger partial charge < -0.3 is 5.32 Å². The Labute approximate surface area is 82.7 Å². The van der Waals surface area contributed by atoms with Crippen LogP contribution in [0.15, 0.2) is 0 Å². The van der Waals surface area contributed by atoms with Crippen molar-refractivity contribution in [3.05, 3.63) is 0 Å². The van der Waals surface area contributed by atoms with E-state index in [0.29, 0.717) is 6.04 Å². The molecule has 1 saturated carbocycles. The lowest BCUT2D eigenvalue weighted by atomic mass is 10.0. The summed E-state index contributed by atoms with van der Waals surface area (Å²) in [4.78, 5) is 2.56. The summed E-state index contributed by atoms with van der Waals surface area (Å²) in [6.45, 7) is 9.04. The molecule has 0 amide bonds. The zero-order valence-corrected chi connectivity index (χ0v) is 9.51. The molecule has 13 heavy (non-hydrogen) atoms. The number of hydrogen-bond acceptors (Lipinski definition) is 2. The second kappa shape index (κ2) is 4.97. The van der Waals surface area contributed by atoms with E-state index in [0.717, 1.165) is 25.0 Å². The van der Waals surface area contributed by atoms with Crippen molar-refractivity contribution in [1.29, 1.82) is 0 Å². The highest BCUT2D eigenvalue weighted by molar-refractivity contribution is 4.88. The molecule has 1 fully saturated rings. The highest BCUT2D eigenvalue weighted by atomic mass is 15.2. The lowest BCUT2D eigenvalue weighted by molar-refractivity contribution is 0.179. The Morgan fingerprint density at radius 1 is 1.38 bits per heavy atom. The number of nitrogens with one attached hydrogen (secondary N) is 1. The van der Waals surface area contributed by atoms with Crippen molar-refractivity contribution < 1.29 is 0 Å². The van der Waals surface area contributed by atoms with Gasteiger partial charge in [0.15, 0.2) is 0 Å². The van der Waals surface area contributed by atoms with E-state index in [2.05, 4.69) is 38.0 Å². The summed E-state index contributed by atoms with van der Waals surface area (Å²) in [5.74, 6) is 0.754. The second-order valence-electron chi connectivity index (χ2n) is 4.52. The van der Waals surface area contributed by atoms with Crippen LogP contribution in [0.5, 0.6) is 0 Å². The minimum Gasteiger partial charge on any atom is -0.315 e. The van der Waals surface area contributed by atoms with Gasteiger partial charge in [-0.05, 0) is 32.4 Å². The maximum absolute atomic E-state index is 3.45. The molecule has 1 rings (SSSR count). The van der Waals surface area contributed by atoms with Crippen LogP contribution in [-0.2, 0) is 0 Å². The van der Waals surface area contributed by atoms with Crippen molar-refractivity contribution in [1.82, 2.24) is 10.2 Å². The van der Waals surface area contributed by atoms with Crippen LogP contribution in [-0.4, -0.2) is 37.1 Å². The molecule has 0 spiro atoms. The summed E-state index contributed by atoms with van der Waals surface area (Å²) in [5, 5.41) is 3.45. The molecule has 0 aliphatic heterocycles. The third-order valence-corrected chi connectivity index (χ3v) is 3.02. The maximum Gasteiger partial charge on any atom is 0.0243 e. The molecule has 1 aliphatic rings. The first kappa shape index (κ1) is 11.0. The Balaban J connectivity index is 2.35. The Bertz CT molecular complexity index is 141. The number of hydrogen-bond donors (Lipinski definition) is 1. The van der Waals surface area contributed by atoms with Crippen molar-refractivity contribution in [2.75, 3.05) is 20.1 Å². The largest absolute Gasteiger partial charge is 0.315 e. The summed E-state index contributed by atoms with van der Waals surface area (Å²) < 4.78 is 0. The van der Waals surface area contributed by atoms with Gasteiger partial charge in [0, 0.05) is 18.6 Å². The van der Waals surface area contributed by atoms with E-state index in [1.165, 1.54) is 12.8 Å². The molecule has 0 aromatic heterocycles. The normalized spacial score (nSPS) is 19.8. The Morgan fingerprint density at radius 3 is 2.38 bits per heavy atom. The van der Waals surface area contributed by atoms with Crippen LogP contribution in [0, 0.1) is 5.92 Å². The van der Waals surface area contributed by atoms with Crippen LogP contribution in [0.2, 0.25) is 0 Å². The summed E-state index contributed by atoms with van der Waals surface area (Å²) in [5.41, 5.74) is 0. The van der Waals surface area contributed by atoms with Gasteiger partial charge in [0.25, 0.3) is 0 Å². The summed E-state index contributed by atoms with van der Waals surface area (Å²) >= 11 is 0. The topological polar surface area (TPSA) is 15.3 Å². The molecule has 0 saturated heterocycles. The Hall–Kier alpha value is -0.0800. The average molecular weight is 184 g/mol. The van der Waals surface area contributed by atoms with Crippen molar-refractivity contribution in [2.45, 2.75) is 45.7 Å². The molecule has 2 nitrogen and oxygen atoms in total. The van der Waals surface area contributed by atoms with E-state index < -0.39 is 0 Å². The lowest BCUT2D eigenvalue weighted by Crippen LogP contribution is -2.44. The quantitative estimate of drug-likeness (QED) is 0.676. The fraction of sp³-hybridized carbons (Fsp3) is 1.00. The summed E-state index contributed by atoms with van der Waals surface area (Å²) in [7, 11) is 2.28. The maximum atomic E-state index is 3.45. The van der Waals surface area contributed by atoms with Crippen molar-refractivity contribution in [3.8, 4) is 0 Å². The standard InChI is InChI=1S/C11H24N2/c1-5-12-8-11(9(2)3)13(4)10-6-7-10/h9-12H,5-8H2,1-4H3. The third-order valence-electron chi connectivity index (χ3n) is 3.02. The predicted octanol–water partition coefficient (Wildman–Crippen LogP) is 1.71. The van der Waals surface area contributed by atoms with Gasteiger partial charge in [-0.1, -0.05) is 20.8 Å². The zero-order chi connectivity index (χ0) is 9.84. The first-order chi connectivity index (χ1) is 6.16. The first-order valence-corrected chi connectivity index (χ1v) is 5.59. The van der Waals surface area contributed by atoms with Gasteiger partial charge in [0.1, 0.15) is 0 Å². The molecule has 1 atom stereocenters. The van der Waals surface area contributed by atoms with Gasteiger partial charge in [-0.15, -0.1) is 0 Å². The van der Waals surface area contributed by atoms with Crippen LogP contribution in [0.4, 0.5) is 0 Å². The predicted molar refractivity (Wildman–Crippen MR) is 58.0 cm³/mol. The minimum absolute atomic E-state index is 0.715. The third kappa shape index (κ3) is 3.28. The molecule has 1 unspecified atom stereocenters. The molecule has 1 aliphatic carbocycles. The zero-order valence-electron chi connectivity index (χ0n) is 9.51. The van der Waals surface area contributed by atoms with Crippen LogP contribution >= 0.6 is 0 Å². The molecule has 0 heterocycles. The number of likely N-dealkylation sites (N-methyl/N-ethyl adjacent to an activating group) is 2. The molecular formula is C11H24N2. The van der Waals surface area contributed by atoms with Gasteiger partial charge in [-0.3, -0.25) is 4.90 Å². The van der Waals surface area contributed by atoms with Crippen LogP contribution in [0.3, 0.4) is 0 Å². The van der Waals surface area contributed by atoms with Crippen molar-refractivity contribution in [3.63, 3.8) is 0 Å². The second-order valence-corrected chi connectivity index (χ2v) is 4.52. The SMILES string of the molecule is CCNCC(C(C)C)N(C)C1CC1. The van der Waals surface area contributed by atoms with Gasteiger partial charge in [-0.2, -0.15) is 0 Å². The molecule has 78 valence electrons. The first-order valence-electron chi connectivity index (χ1n) is 5.59. The monoisotopic (exact) mass is 184 g/mol. The smallest absolute Gasteiger partial charge is 0.0243 e. The van der Waals surface area contributed by atoms with Crippen molar-refractivity contribution in [2.24, 2.45) is 5.92 Å². The number of nitrogens with zero attached hydrogens (tertiary/aromatic N) is 1. The molecule has 0 aromatic carbocycles. The molecule has 0 bridgehead atoms. The van der Waals surface area contributed by atoms with Crippen LogP contribution < -0.4 is 5.32 Å². The van der Waals surface area contributed by atoms with E-state index in [1.807, 2.05) is 0 Å². The van der Waals surface area contributed by atoms with E-state index in [4.69, 9.17) is 0 Å². The fourth-order valence-corrected chi connectivity index (χ4v) is 1.89. The lowest BCUT2D eigenvalue weighted by Gasteiger charge is -2.31. The molecule has 0 radical (unpaired) electrons. The molecule has 1 N–H and O–H groups in total. The van der Waals surface area contributed by atoms with Crippen LogP contribution in [0.25, 0.3) is 0 Å². The average Bonchev–Trinajstić information content (AvgIpc) is 2.86. The van der Waals surface area contributed by atoms with Gasteiger partial charge >= 0.3 is 0 Å². The van der Waals surface area contributed by atoms with E-state index >= 15 is 0 Å². The highest BCUT2D eigenvalue weighted by Gasteiger charge is 2.31. The number of rotatable bonds is 6. The molecular weight excluding hydrogens is 160 g/mol. The van der Waals surface area contributed by atoms with Crippen molar-refractivity contribution >= 4 is 0 Å². The summed E-state index contributed by atoms with van der Waals surface area (Å²) in [6.07, 6.45) is 2.82. The van der Waals surface area contributed by atoms with Gasteiger partial charge in [-0.25, -0.2) is 0 Å². The van der Waals surface area contributed by atoms with E-state index in [9.17, 15) is 0 Å². The minimum atomic E-state index is 0.715. The highest BCUT2D eigenvalue weighted by Crippen LogP contribution is 2.28. The van der Waals surface area contributed by atoms with Gasteiger partial charge in [0.2, 0.25) is 0 Å². The molecule has 0 aromatic rings. The fourth-order valence-electron chi connectivity index (χ4n) is 1.89. The molecule has 2 heteroatoms. The van der Waals surface area contributed by atoms with Crippen LogP contribution in [0.1, 0.15) is 33.6 Å². The van der Waals surface area contributed by atoms with E-state index in [-0.39, 0.29) is 0 Å². The van der Waals surface area contributed by atoms with E-state index in [1.54, 1.807) is 0 Å². The Morgan fingerprint density at radius 2 is 2.00 bits per heavy atom.